The van der Waals surface area contributed by atoms with Crippen LogP contribution in [0.5, 0.6) is 5.75 Å². The normalized spacial score (nSPS) is 12.3. The first-order valence-electron chi connectivity index (χ1n) is 12.1. The number of fused-ring (bicyclic) bond motifs is 1. The van der Waals surface area contributed by atoms with E-state index in [4.69, 9.17) is 16.3 Å². The molecule has 0 fully saturated rings. The summed E-state index contributed by atoms with van der Waals surface area (Å²) in [7, 11) is 1.56. The molecule has 0 radical (unpaired) electrons. The van der Waals surface area contributed by atoms with Gasteiger partial charge < -0.3 is 20.7 Å². The average Bonchev–Trinajstić information content (AvgIpc) is 2.93. The average molecular weight is 530 g/mol. The van der Waals surface area contributed by atoms with E-state index < -0.39 is 23.9 Å². The molecule has 8 heteroatoms. The fourth-order valence-electron chi connectivity index (χ4n) is 4.03. The Morgan fingerprint density at radius 3 is 2.21 bits per heavy atom. The Hall–Kier alpha value is -4.36. The van der Waals surface area contributed by atoms with Crippen molar-refractivity contribution in [3.8, 4) is 5.75 Å². The molecule has 0 spiro atoms. The third kappa shape index (κ3) is 6.69. The van der Waals surface area contributed by atoms with Gasteiger partial charge in [0, 0.05) is 22.7 Å². The lowest BCUT2D eigenvalue weighted by atomic mass is 10.0. The number of rotatable bonds is 9. The molecule has 3 amide bonds. The zero-order valence-electron chi connectivity index (χ0n) is 21.0. The van der Waals surface area contributed by atoms with Crippen molar-refractivity contribution in [3.63, 3.8) is 0 Å². The molecule has 0 saturated heterocycles. The monoisotopic (exact) mass is 529 g/mol. The summed E-state index contributed by atoms with van der Waals surface area (Å²) >= 11 is 6.02. The number of nitrogens with one attached hydrogen (secondary N) is 3. The molecular weight excluding hydrogens is 502 g/mol. The Kier molecular flexibility index (Phi) is 8.61. The van der Waals surface area contributed by atoms with Gasteiger partial charge in [-0.05, 0) is 65.7 Å². The van der Waals surface area contributed by atoms with Crippen molar-refractivity contribution in [1.82, 2.24) is 10.6 Å². The SMILES string of the molecule is COc1ccc(NC(=O)[C@H](C)NC(=O)[C@H](Cc2ccc(Cl)cc2)NC(=O)c2cccc3ccccc23)cc1. The van der Waals surface area contributed by atoms with Gasteiger partial charge in [0.15, 0.2) is 0 Å². The number of benzene rings is 4. The topological polar surface area (TPSA) is 96.5 Å². The van der Waals surface area contributed by atoms with Crippen LogP contribution in [0.1, 0.15) is 22.8 Å². The smallest absolute Gasteiger partial charge is 0.252 e. The number of halogens is 1. The molecule has 4 aromatic rings. The minimum atomic E-state index is -0.932. The fraction of sp³-hybridized carbons (Fsp3) is 0.167. The van der Waals surface area contributed by atoms with E-state index in [1.54, 1.807) is 74.7 Å². The Labute approximate surface area is 226 Å². The quantitative estimate of drug-likeness (QED) is 0.285. The molecular formula is C30H28ClN3O4. The molecule has 0 aliphatic rings. The Bertz CT molecular complexity index is 1430. The van der Waals surface area contributed by atoms with Crippen LogP contribution in [0.3, 0.4) is 0 Å². The van der Waals surface area contributed by atoms with Gasteiger partial charge in [-0.1, -0.05) is 60.1 Å². The predicted octanol–water partition coefficient (Wildman–Crippen LogP) is 4.99. The number of hydrogen-bond donors (Lipinski definition) is 3. The van der Waals surface area contributed by atoms with Gasteiger partial charge in [-0.3, -0.25) is 14.4 Å². The maximum Gasteiger partial charge on any atom is 0.252 e. The van der Waals surface area contributed by atoms with Gasteiger partial charge in [0.25, 0.3) is 5.91 Å². The summed E-state index contributed by atoms with van der Waals surface area (Å²) in [6, 6.07) is 25.1. The molecule has 2 atom stereocenters. The van der Waals surface area contributed by atoms with Crippen LogP contribution >= 0.6 is 11.6 Å². The number of amides is 3. The second-order valence-electron chi connectivity index (χ2n) is 8.83. The van der Waals surface area contributed by atoms with Crippen LogP contribution in [0.25, 0.3) is 10.8 Å². The van der Waals surface area contributed by atoms with Crippen molar-refractivity contribution in [2.45, 2.75) is 25.4 Å². The highest BCUT2D eigenvalue weighted by molar-refractivity contribution is 6.30. The van der Waals surface area contributed by atoms with Gasteiger partial charge in [-0.25, -0.2) is 0 Å². The summed E-state index contributed by atoms with van der Waals surface area (Å²) in [5.74, 6) is -0.595. The molecule has 38 heavy (non-hydrogen) atoms. The number of anilines is 1. The van der Waals surface area contributed by atoms with E-state index in [0.29, 0.717) is 22.0 Å². The summed E-state index contributed by atoms with van der Waals surface area (Å²) in [6.45, 7) is 1.59. The third-order valence-electron chi connectivity index (χ3n) is 6.12. The zero-order valence-corrected chi connectivity index (χ0v) is 21.8. The lowest BCUT2D eigenvalue weighted by Gasteiger charge is -2.22. The minimum Gasteiger partial charge on any atom is -0.497 e. The van der Waals surface area contributed by atoms with Crippen molar-refractivity contribution in [2.75, 3.05) is 12.4 Å². The summed E-state index contributed by atoms with van der Waals surface area (Å²) in [4.78, 5) is 39.4. The van der Waals surface area contributed by atoms with Gasteiger partial charge >= 0.3 is 0 Å². The second kappa shape index (κ2) is 12.3. The molecule has 0 heterocycles. The molecule has 194 valence electrons. The molecule has 0 saturated carbocycles. The van der Waals surface area contributed by atoms with Crippen LogP contribution in [-0.2, 0) is 16.0 Å². The van der Waals surface area contributed by atoms with E-state index in [1.807, 2.05) is 30.3 Å². The van der Waals surface area contributed by atoms with Crippen LogP contribution in [0.15, 0.2) is 91.0 Å². The highest BCUT2D eigenvalue weighted by atomic mass is 35.5. The first-order chi connectivity index (χ1) is 18.3. The second-order valence-corrected chi connectivity index (χ2v) is 9.27. The molecule has 0 bridgehead atoms. The molecule has 4 rings (SSSR count). The third-order valence-corrected chi connectivity index (χ3v) is 6.37. The van der Waals surface area contributed by atoms with Crippen LogP contribution < -0.4 is 20.7 Å². The van der Waals surface area contributed by atoms with Crippen molar-refractivity contribution >= 4 is 45.8 Å². The van der Waals surface area contributed by atoms with Gasteiger partial charge in [0.05, 0.1) is 7.11 Å². The van der Waals surface area contributed by atoms with E-state index in [9.17, 15) is 14.4 Å². The minimum absolute atomic E-state index is 0.215. The number of carbonyl (C=O) groups excluding carboxylic acids is 3. The van der Waals surface area contributed by atoms with Crippen molar-refractivity contribution in [2.24, 2.45) is 0 Å². The number of ether oxygens (including phenoxy) is 1. The maximum absolute atomic E-state index is 13.3. The molecule has 4 aromatic carbocycles. The van der Waals surface area contributed by atoms with Gasteiger partial charge in [-0.15, -0.1) is 0 Å². The molecule has 0 aromatic heterocycles. The molecule has 0 aliphatic heterocycles. The molecule has 0 aliphatic carbocycles. The van der Waals surface area contributed by atoms with Crippen LogP contribution in [0.2, 0.25) is 5.02 Å². The highest BCUT2D eigenvalue weighted by Gasteiger charge is 2.26. The van der Waals surface area contributed by atoms with Crippen LogP contribution in [0, 0.1) is 0 Å². The number of hydrogen-bond acceptors (Lipinski definition) is 4. The van der Waals surface area contributed by atoms with E-state index in [1.165, 1.54) is 0 Å². The van der Waals surface area contributed by atoms with Crippen molar-refractivity contribution < 1.29 is 19.1 Å². The molecule has 3 N–H and O–H groups in total. The zero-order chi connectivity index (χ0) is 27.1. The fourth-order valence-corrected chi connectivity index (χ4v) is 4.16. The Morgan fingerprint density at radius 2 is 1.50 bits per heavy atom. The van der Waals surface area contributed by atoms with Gasteiger partial charge in [0.1, 0.15) is 17.8 Å². The standard InChI is InChI=1S/C30H28ClN3O4/c1-19(28(35)33-23-14-16-24(38-2)17-15-23)32-30(37)27(18-20-10-12-22(31)13-11-20)34-29(36)26-9-5-7-21-6-3-4-8-25(21)26/h3-17,19,27H,18H2,1-2H3,(H,32,37)(H,33,35)(H,34,36)/t19-,27-/m0/s1. The highest BCUT2D eigenvalue weighted by Crippen LogP contribution is 2.19. The summed E-state index contributed by atoms with van der Waals surface area (Å²) in [5, 5.41) is 10.6. The van der Waals surface area contributed by atoms with E-state index in [2.05, 4.69) is 16.0 Å². The first-order valence-corrected chi connectivity index (χ1v) is 12.5. The number of methoxy groups -OCH3 is 1. The van der Waals surface area contributed by atoms with E-state index in [-0.39, 0.29) is 12.3 Å². The summed E-state index contributed by atoms with van der Waals surface area (Å²) < 4.78 is 5.13. The van der Waals surface area contributed by atoms with Crippen LogP contribution in [0.4, 0.5) is 5.69 Å². The van der Waals surface area contributed by atoms with Crippen molar-refractivity contribution in [3.05, 3.63) is 107 Å². The predicted molar refractivity (Wildman–Crippen MR) is 150 cm³/mol. The number of carbonyl (C=O) groups is 3. The van der Waals surface area contributed by atoms with Crippen molar-refractivity contribution in [1.29, 1.82) is 0 Å². The summed E-state index contributed by atoms with van der Waals surface area (Å²) in [5.41, 5.74) is 1.84. The largest absolute Gasteiger partial charge is 0.497 e. The first kappa shape index (κ1) is 26.7. The summed E-state index contributed by atoms with van der Waals surface area (Å²) in [6.07, 6.45) is 0.215. The van der Waals surface area contributed by atoms with E-state index in [0.717, 1.165) is 16.3 Å². The van der Waals surface area contributed by atoms with Gasteiger partial charge in [0.2, 0.25) is 11.8 Å². The lowest BCUT2D eigenvalue weighted by molar-refractivity contribution is -0.127. The lowest BCUT2D eigenvalue weighted by Crippen LogP contribution is -2.52. The van der Waals surface area contributed by atoms with E-state index >= 15 is 0 Å². The molecule has 7 nitrogen and oxygen atoms in total. The van der Waals surface area contributed by atoms with Crippen LogP contribution in [-0.4, -0.2) is 36.9 Å². The molecule has 0 unspecified atom stereocenters. The Morgan fingerprint density at radius 1 is 0.816 bits per heavy atom. The Balaban J connectivity index is 1.50. The maximum atomic E-state index is 13.3. The van der Waals surface area contributed by atoms with Gasteiger partial charge in [-0.2, -0.15) is 0 Å².